The van der Waals surface area contributed by atoms with E-state index in [1.165, 1.54) is 38.4 Å². The highest BCUT2D eigenvalue weighted by Gasteiger charge is 2.26. The fraction of sp³-hybridized carbons (Fsp3) is 0.652. The Morgan fingerprint density at radius 2 is 1.80 bits per heavy atom. The third-order valence-electron chi connectivity index (χ3n) is 5.85. The molecule has 0 atom stereocenters. The summed E-state index contributed by atoms with van der Waals surface area (Å²) < 4.78 is 10.9. The molecule has 1 aromatic rings. The molecule has 30 heavy (non-hydrogen) atoms. The smallest absolute Gasteiger partial charge is 0.308 e. The van der Waals surface area contributed by atoms with Crippen LogP contribution in [0.3, 0.4) is 0 Å². The average molecular weight is 529 g/mol. The largest absolute Gasteiger partial charge is 0.490 e. The standard InChI is InChI=1S/C23H35N3O3.HI/c1-3-24-23(26-16-13-19(14-17-26)22(27)28-2)25-15-12-18-8-10-21(11-9-18)29-20-6-4-5-7-20;/h8-11,19-20H,3-7,12-17H2,1-2H3,(H,24,25);1H. The first-order valence-corrected chi connectivity index (χ1v) is 11.1. The van der Waals surface area contributed by atoms with Crippen molar-refractivity contribution >= 4 is 35.9 Å². The van der Waals surface area contributed by atoms with Crippen molar-refractivity contribution in [1.82, 2.24) is 10.2 Å². The van der Waals surface area contributed by atoms with Gasteiger partial charge in [0.15, 0.2) is 5.96 Å². The topological polar surface area (TPSA) is 63.2 Å². The zero-order chi connectivity index (χ0) is 20.5. The highest BCUT2D eigenvalue weighted by molar-refractivity contribution is 14.0. The number of guanidine groups is 1. The summed E-state index contributed by atoms with van der Waals surface area (Å²) in [6.45, 7) is 5.32. The van der Waals surface area contributed by atoms with E-state index < -0.39 is 0 Å². The molecular formula is C23H36IN3O3. The Labute approximate surface area is 197 Å². The SMILES string of the molecule is CCNC(=NCCc1ccc(OC2CCCC2)cc1)N1CCC(C(=O)OC)CC1.I. The molecule has 7 heteroatoms. The summed E-state index contributed by atoms with van der Waals surface area (Å²) in [7, 11) is 1.47. The zero-order valence-electron chi connectivity index (χ0n) is 18.3. The first kappa shape index (κ1) is 24.8. The molecule has 0 spiro atoms. The summed E-state index contributed by atoms with van der Waals surface area (Å²) >= 11 is 0. The maximum absolute atomic E-state index is 11.7. The van der Waals surface area contributed by atoms with E-state index in [9.17, 15) is 4.79 Å². The quantitative estimate of drug-likeness (QED) is 0.250. The van der Waals surface area contributed by atoms with Crippen LogP contribution in [0, 0.1) is 5.92 Å². The molecule has 0 aromatic heterocycles. The average Bonchev–Trinajstić information content (AvgIpc) is 3.27. The lowest BCUT2D eigenvalue weighted by molar-refractivity contribution is -0.146. The van der Waals surface area contributed by atoms with Crippen LogP contribution in [0.15, 0.2) is 29.3 Å². The molecule has 1 aliphatic carbocycles. The lowest BCUT2D eigenvalue weighted by Crippen LogP contribution is -2.46. The fourth-order valence-electron chi connectivity index (χ4n) is 4.14. The molecule has 2 fully saturated rings. The van der Waals surface area contributed by atoms with Gasteiger partial charge in [0.05, 0.1) is 19.1 Å². The number of esters is 1. The van der Waals surface area contributed by atoms with Crippen LogP contribution in [-0.4, -0.2) is 56.2 Å². The van der Waals surface area contributed by atoms with Gasteiger partial charge < -0.3 is 19.7 Å². The minimum atomic E-state index is -0.0908. The second-order valence-corrected chi connectivity index (χ2v) is 7.94. The van der Waals surface area contributed by atoms with Crippen molar-refractivity contribution in [2.75, 3.05) is 33.3 Å². The van der Waals surface area contributed by atoms with E-state index >= 15 is 0 Å². The van der Waals surface area contributed by atoms with Crippen LogP contribution < -0.4 is 10.1 Å². The van der Waals surface area contributed by atoms with Crippen molar-refractivity contribution in [1.29, 1.82) is 0 Å². The van der Waals surface area contributed by atoms with Gasteiger partial charge in [-0.3, -0.25) is 9.79 Å². The number of rotatable bonds is 7. The highest BCUT2D eigenvalue weighted by Crippen LogP contribution is 2.24. The first-order valence-electron chi connectivity index (χ1n) is 11.1. The number of benzene rings is 1. The van der Waals surface area contributed by atoms with Gasteiger partial charge in [0.2, 0.25) is 0 Å². The number of aliphatic imine (C=N–C) groups is 1. The van der Waals surface area contributed by atoms with E-state index in [-0.39, 0.29) is 35.9 Å². The molecule has 2 aliphatic rings. The zero-order valence-corrected chi connectivity index (χ0v) is 20.6. The van der Waals surface area contributed by atoms with E-state index in [0.717, 1.165) is 57.2 Å². The number of piperidine rings is 1. The van der Waals surface area contributed by atoms with Crippen LogP contribution in [0.1, 0.15) is 51.0 Å². The van der Waals surface area contributed by atoms with Crippen molar-refractivity contribution in [2.45, 2.75) is 58.0 Å². The first-order chi connectivity index (χ1) is 14.2. The van der Waals surface area contributed by atoms with Gasteiger partial charge in [0.1, 0.15) is 5.75 Å². The lowest BCUT2D eigenvalue weighted by atomic mass is 9.97. The molecule has 0 amide bonds. The number of hydrogen-bond donors (Lipinski definition) is 1. The van der Waals surface area contributed by atoms with Crippen molar-refractivity contribution < 1.29 is 14.3 Å². The van der Waals surface area contributed by atoms with E-state index in [2.05, 4.69) is 41.4 Å². The van der Waals surface area contributed by atoms with Gasteiger partial charge in [-0.25, -0.2) is 0 Å². The van der Waals surface area contributed by atoms with Gasteiger partial charge in [0.25, 0.3) is 0 Å². The van der Waals surface area contributed by atoms with E-state index in [1.807, 2.05) is 0 Å². The van der Waals surface area contributed by atoms with Crippen molar-refractivity contribution in [3.8, 4) is 5.75 Å². The van der Waals surface area contributed by atoms with Crippen LogP contribution in [-0.2, 0) is 16.0 Å². The molecule has 1 aliphatic heterocycles. The maximum atomic E-state index is 11.7. The Bertz CT molecular complexity index is 667. The number of carbonyl (C=O) groups is 1. The number of hydrogen-bond acceptors (Lipinski definition) is 4. The monoisotopic (exact) mass is 529 g/mol. The van der Waals surface area contributed by atoms with E-state index in [1.54, 1.807) is 0 Å². The second-order valence-electron chi connectivity index (χ2n) is 7.94. The summed E-state index contributed by atoms with van der Waals surface area (Å²) in [5, 5.41) is 3.39. The van der Waals surface area contributed by atoms with Crippen LogP contribution in [0.4, 0.5) is 0 Å². The normalized spacial score (nSPS) is 18.1. The summed E-state index contributed by atoms with van der Waals surface area (Å²) in [4.78, 5) is 18.8. The van der Waals surface area contributed by atoms with Gasteiger partial charge in [-0.2, -0.15) is 0 Å². The second kappa shape index (κ2) is 13.0. The number of carbonyl (C=O) groups excluding carboxylic acids is 1. The molecule has 1 saturated heterocycles. The molecule has 0 radical (unpaired) electrons. The van der Waals surface area contributed by atoms with Gasteiger partial charge >= 0.3 is 5.97 Å². The van der Waals surface area contributed by atoms with Crippen LogP contribution >= 0.6 is 24.0 Å². The summed E-state index contributed by atoms with van der Waals surface area (Å²) in [6.07, 6.45) is 7.87. The van der Waals surface area contributed by atoms with Gasteiger partial charge in [0, 0.05) is 26.2 Å². The van der Waals surface area contributed by atoms with Crippen molar-refractivity contribution in [2.24, 2.45) is 10.9 Å². The third-order valence-corrected chi connectivity index (χ3v) is 5.85. The van der Waals surface area contributed by atoms with Crippen molar-refractivity contribution in [3.05, 3.63) is 29.8 Å². The lowest BCUT2D eigenvalue weighted by Gasteiger charge is -2.33. The molecule has 3 rings (SSSR count). The van der Waals surface area contributed by atoms with Gasteiger partial charge in [-0.15, -0.1) is 24.0 Å². The molecule has 0 unspecified atom stereocenters. The Morgan fingerprint density at radius 3 is 2.40 bits per heavy atom. The van der Waals surface area contributed by atoms with Crippen LogP contribution in [0.25, 0.3) is 0 Å². The van der Waals surface area contributed by atoms with Gasteiger partial charge in [-0.1, -0.05) is 12.1 Å². The predicted octanol–water partition coefficient (Wildman–Crippen LogP) is 4.02. The number of nitrogens with one attached hydrogen (secondary N) is 1. The van der Waals surface area contributed by atoms with Gasteiger partial charge in [-0.05, 0) is 69.6 Å². The number of nitrogens with zero attached hydrogens (tertiary/aromatic N) is 2. The van der Waals surface area contributed by atoms with E-state index in [0.29, 0.717) is 6.10 Å². The van der Waals surface area contributed by atoms with Crippen molar-refractivity contribution in [3.63, 3.8) is 0 Å². The van der Waals surface area contributed by atoms with Crippen LogP contribution in [0.2, 0.25) is 0 Å². The molecule has 1 aromatic carbocycles. The predicted molar refractivity (Wildman–Crippen MR) is 131 cm³/mol. The Balaban J connectivity index is 0.00000320. The Hall–Kier alpha value is -1.51. The summed E-state index contributed by atoms with van der Waals surface area (Å²) in [6, 6.07) is 8.46. The molecule has 6 nitrogen and oxygen atoms in total. The molecule has 1 heterocycles. The maximum Gasteiger partial charge on any atom is 0.308 e. The van der Waals surface area contributed by atoms with E-state index in [4.69, 9.17) is 14.5 Å². The minimum Gasteiger partial charge on any atom is -0.490 e. The molecular weight excluding hydrogens is 493 g/mol. The number of halogens is 1. The Kier molecular flexibility index (Phi) is 10.7. The third kappa shape index (κ3) is 7.32. The summed E-state index contributed by atoms with van der Waals surface area (Å²) in [5.41, 5.74) is 1.27. The molecule has 168 valence electrons. The molecule has 0 bridgehead atoms. The number of likely N-dealkylation sites (tertiary alicyclic amines) is 1. The van der Waals surface area contributed by atoms with Crippen LogP contribution in [0.5, 0.6) is 5.75 Å². The molecule has 1 saturated carbocycles. The summed E-state index contributed by atoms with van der Waals surface area (Å²) in [5.74, 6) is 1.85. The fourth-order valence-corrected chi connectivity index (χ4v) is 4.14. The number of ether oxygens (including phenoxy) is 2. The minimum absolute atomic E-state index is 0. The number of methoxy groups -OCH3 is 1. The Morgan fingerprint density at radius 1 is 1.13 bits per heavy atom. The highest BCUT2D eigenvalue weighted by atomic mass is 127. The molecule has 1 N–H and O–H groups in total.